The highest BCUT2D eigenvalue weighted by Crippen LogP contribution is 2.24. The van der Waals surface area contributed by atoms with Crippen LogP contribution in [0.4, 0.5) is 4.39 Å². The van der Waals surface area contributed by atoms with Gasteiger partial charge in [-0.2, -0.15) is 0 Å². The van der Waals surface area contributed by atoms with Crippen LogP contribution in [0.2, 0.25) is 0 Å². The van der Waals surface area contributed by atoms with Gasteiger partial charge in [-0.25, -0.2) is 4.39 Å². The van der Waals surface area contributed by atoms with Crippen LogP contribution >= 0.6 is 0 Å². The second kappa shape index (κ2) is 6.50. The zero-order chi connectivity index (χ0) is 16.4. The summed E-state index contributed by atoms with van der Waals surface area (Å²) < 4.78 is 14.3. The molecule has 1 amide bonds. The second-order valence-electron chi connectivity index (χ2n) is 6.23. The smallest absolute Gasteiger partial charge is 0.254 e. The lowest BCUT2D eigenvalue weighted by Gasteiger charge is -2.27. The van der Waals surface area contributed by atoms with Crippen molar-refractivity contribution in [1.82, 2.24) is 10.6 Å². The molecule has 3 rings (SSSR count). The molecule has 0 atom stereocenters. The van der Waals surface area contributed by atoms with Crippen LogP contribution in [0.15, 0.2) is 36.4 Å². The van der Waals surface area contributed by atoms with Crippen LogP contribution in [0, 0.1) is 25.6 Å². The Bertz CT molecular complexity index is 738. The van der Waals surface area contributed by atoms with Gasteiger partial charge in [-0.05, 0) is 48.2 Å². The summed E-state index contributed by atoms with van der Waals surface area (Å²) in [7, 11) is 0. The van der Waals surface area contributed by atoms with E-state index in [9.17, 15) is 9.18 Å². The van der Waals surface area contributed by atoms with Crippen molar-refractivity contribution in [2.45, 2.75) is 13.8 Å². The molecule has 1 saturated heterocycles. The van der Waals surface area contributed by atoms with E-state index >= 15 is 0 Å². The predicted octanol–water partition coefficient (Wildman–Crippen LogP) is 3.06. The Morgan fingerprint density at radius 1 is 1.13 bits per heavy atom. The summed E-state index contributed by atoms with van der Waals surface area (Å²) >= 11 is 0. The summed E-state index contributed by atoms with van der Waals surface area (Å²) in [6.07, 6.45) is 0. The Labute approximate surface area is 135 Å². The standard InChI is InChI=1S/C19H21FN2O/c1-12-3-4-15(7-13(12)2)16-5-6-17(18(20)8-16)19(23)22-11-14-9-21-10-14/h3-8,14,21H,9-11H2,1-2H3,(H,22,23). The molecule has 1 fully saturated rings. The minimum absolute atomic E-state index is 0.102. The number of hydrogen-bond donors (Lipinski definition) is 2. The zero-order valence-corrected chi connectivity index (χ0v) is 13.4. The number of aryl methyl sites for hydroxylation is 2. The number of benzene rings is 2. The summed E-state index contributed by atoms with van der Waals surface area (Å²) in [4.78, 5) is 12.1. The van der Waals surface area contributed by atoms with Crippen molar-refractivity contribution in [1.29, 1.82) is 0 Å². The van der Waals surface area contributed by atoms with Crippen molar-refractivity contribution < 1.29 is 9.18 Å². The first-order valence-electron chi connectivity index (χ1n) is 7.90. The van der Waals surface area contributed by atoms with Gasteiger partial charge in [0.2, 0.25) is 0 Å². The lowest BCUT2D eigenvalue weighted by atomic mass is 9.99. The molecule has 0 aromatic heterocycles. The molecule has 0 bridgehead atoms. The van der Waals surface area contributed by atoms with Crippen LogP contribution in [0.25, 0.3) is 11.1 Å². The number of nitrogens with one attached hydrogen (secondary N) is 2. The summed E-state index contributed by atoms with van der Waals surface area (Å²) in [5.41, 5.74) is 4.21. The van der Waals surface area contributed by atoms with E-state index < -0.39 is 5.82 Å². The molecular formula is C19H21FN2O. The monoisotopic (exact) mass is 312 g/mol. The fourth-order valence-electron chi connectivity index (χ4n) is 2.62. The van der Waals surface area contributed by atoms with Crippen LogP contribution in [0.3, 0.4) is 0 Å². The molecule has 3 nitrogen and oxygen atoms in total. The number of carbonyl (C=O) groups is 1. The normalized spacial score (nSPS) is 14.4. The average molecular weight is 312 g/mol. The lowest BCUT2D eigenvalue weighted by Crippen LogP contribution is -2.48. The maximum atomic E-state index is 14.3. The Morgan fingerprint density at radius 3 is 2.43 bits per heavy atom. The highest BCUT2D eigenvalue weighted by Gasteiger charge is 2.19. The SMILES string of the molecule is Cc1ccc(-c2ccc(C(=O)NCC3CNC3)c(F)c2)cc1C. The first-order valence-corrected chi connectivity index (χ1v) is 7.90. The van der Waals surface area contributed by atoms with Crippen LogP contribution in [0.5, 0.6) is 0 Å². The molecule has 1 aliphatic heterocycles. The molecule has 2 aromatic rings. The van der Waals surface area contributed by atoms with E-state index in [4.69, 9.17) is 0 Å². The molecule has 0 aliphatic carbocycles. The van der Waals surface area contributed by atoms with Gasteiger partial charge in [-0.15, -0.1) is 0 Å². The fourth-order valence-corrected chi connectivity index (χ4v) is 2.62. The van der Waals surface area contributed by atoms with E-state index in [1.165, 1.54) is 17.2 Å². The molecule has 2 aromatic carbocycles. The van der Waals surface area contributed by atoms with Crippen molar-refractivity contribution in [3.8, 4) is 11.1 Å². The number of halogens is 1. The number of hydrogen-bond acceptors (Lipinski definition) is 2. The van der Waals surface area contributed by atoms with E-state index in [2.05, 4.69) is 10.6 Å². The summed E-state index contributed by atoms with van der Waals surface area (Å²) in [5.74, 6) is -0.372. The molecule has 4 heteroatoms. The number of rotatable bonds is 4. The van der Waals surface area contributed by atoms with E-state index in [0.717, 1.165) is 24.2 Å². The van der Waals surface area contributed by atoms with Crippen molar-refractivity contribution in [3.63, 3.8) is 0 Å². The third kappa shape index (κ3) is 3.42. The number of carbonyl (C=O) groups excluding carboxylic acids is 1. The van der Waals surface area contributed by atoms with Gasteiger partial charge in [0.05, 0.1) is 5.56 Å². The Morgan fingerprint density at radius 2 is 1.83 bits per heavy atom. The quantitative estimate of drug-likeness (QED) is 0.911. The van der Waals surface area contributed by atoms with Gasteiger partial charge in [0, 0.05) is 25.6 Å². The Kier molecular flexibility index (Phi) is 4.44. The molecule has 1 heterocycles. The van der Waals surface area contributed by atoms with Gasteiger partial charge in [0.25, 0.3) is 5.91 Å². The van der Waals surface area contributed by atoms with Gasteiger partial charge in [-0.1, -0.05) is 24.3 Å². The lowest BCUT2D eigenvalue weighted by molar-refractivity contribution is 0.0938. The van der Waals surface area contributed by atoms with Crippen LogP contribution in [-0.2, 0) is 0 Å². The number of amides is 1. The molecule has 2 N–H and O–H groups in total. The third-order valence-corrected chi connectivity index (χ3v) is 4.47. The molecule has 0 spiro atoms. The van der Waals surface area contributed by atoms with Gasteiger partial charge in [0.1, 0.15) is 5.82 Å². The van der Waals surface area contributed by atoms with Crippen molar-refractivity contribution >= 4 is 5.91 Å². The predicted molar refractivity (Wildman–Crippen MR) is 90.0 cm³/mol. The molecule has 1 aliphatic rings. The summed E-state index contributed by atoms with van der Waals surface area (Å²) in [5, 5.41) is 5.94. The van der Waals surface area contributed by atoms with E-state index in [0.29, 0.717) is 12.5 Å². The molecule has 0 unspecified atom stereocenters. The maximum absolute atomic E-state index is 14.3. The second-order valence-corrected chi connectivity index (χ2v) is 6.23. The van der Waals surface area contributed by atoms with Crippen LogP contribution in [-0.4, -0.2) is 25.5 Å². The van der Waals surface area contributed by atoms with Gasteiger partial charge >= 0.3 is 0 Å². The maximum Gasteiger partial charge on any atom is 0.254 e. The molecule has 0 saturated carbocycles. The zero-order valence-electron chi connectivity index (χ0n) is 13.4. The largest absolute Gasteiger partial charge is 0.352 e. The first-order chi connectivity index (χ1) is 11.0. The summed E-state index contributed by atoms with van der Waals surface area (Å²) in [6.45, 7) is 6.49. The topological polar surface area (TPSA) is 41.1 Å². The third-order valence-electron chi connectivity index (χ3n) is 4.47. The highest BCUT2D eigenvalue weighted by atomic mass is 19.1. The minimum atomic E-state index is -0.482. The molecule has 0 radical (unpaired) electrons. The van der Waals surface area contributed by atoms with Gasteiger partial charge in [0.15, 0.2) is 0 Å². The minimum Gasteiger partial charge on any atom is -0.352 e. The Balaban J connectivity index is 1.76. The van der Waals surface area contributed by atoms with E-state index in [1.807, 2.05) is 32.0 Å². The molecule has 120 valence electrons. The average Bonchev–Trinajstić information content (AvgIpc) is 2.48. The van der Waals surface area contributed by atoms with E-state index in [1.54, 1.807) is 12.1 Å². The highest BCUT2D eigenvalue weighted by molar-refractivity contribution is 5.95. The summed E-state index contributed by atoms with van der Waals surface area (Å²) in [6, 6.07) is 10.8. The van der Waals surface area contributed by atoms with Gasteiger partial charge < -0.3 is 10.6 Å². The Hall–Kier alpha value is -2.20. The van der Waals surface area contributed by atoms with Crippen LogP contribution in [0.1, 0.15) is 21.5 Å². The van der Waals surface area contributed by atoms with E-state index in [-0.39, 0.29) is 11.5 Å². The molecular weight excluding hydrogens is 291 g/mol. The van der Waals surface area contributed by atoms with Crippen molar-refractivity contribution in [2.24, 2.45) is 5.92 Å². The van der Waals surface area contributed by atoms with Crippen molar-refractivity contribution in [3.05, 3.63) is 58.9 Å². The first kappa shape index (κ1) is 15.7. The van der Waals surface area contributed by atoms with Crippen molar-refractivity contribution in [2.75, 3.05) is 19.6 Å². The molecule has 23 heavy (non-hydrogen) atoms. The van der Waals surface area contributed by atoms with Crippen LogP contribution < -0.4 is 10.6 Å². The fraction of sp³-hybridized carbons (Fsp3) is 0.316. The van der Waals surface area contributed by atoms with Gasteiger partial charge in [-0.3, -0.25) is 4.79 Å².